The number of amides is 1. The molecule has 0 unspecified atom stereocenters. The Morgan fingerprint density at radius 1 is 1.06 bits per heavy atom. The number of hydrogen-bond donors (Lipinski definition) is 4. The van der Waals surface area contributed by atoms with Crippen LogP contribution in [0.2, 0.25) is 0 Å². The van der Waals surface area contributed by atoms with E-state index in [-0.39, 0.29) is 18.3 Å². The number of aromatic amines is 1. The summed E-state index contributed by atoms with van der Waals surface area (Å²) in [5, 5.41) is 26.5. The summed E-state index contributed by atoms with van der Waals surface area (Å²) < 4.78 is 44.8. The van der Waals surface area contributed by atoms with Gasteiger partial charge in [-0.3, -0.25) is 9.89 Å². The fourth-order valence-corrected chi connectivity index (χ4v) is 2.37. The monoisotopic (exact) mass is 439 g/mol. The van der Waals surface area contributed by atoms with Crippen molar-refractivity contribution in [2.45, 2.75) is 12.3 Å². The molecule has 1 atom stereocenters. The van der Waals surface area contributed by atoms with Crippen LogP contribution in [-0.2, 0) is 4.79 Å². The molecule has 1 amide bonds. The minimum atomic E-state index is -5.08. The van der Waals surface area contributed by atoms with Crippen LogP contribution in [0.25, 0.3) is 11.3 Å². The summed E-state index contributed by atoms with van der Waals surface area (Å²) in [5.74, 6) is -3.47. The van der Waals surface area contributed by atoms with E-state index in [1.165, 1.54) is 18.3 Å². The second kappa shape index (κ2) is 10.3. The predicted molar refractivity (Wildman–Crippen MR) is 101 cm³/mol. The molecule has 0 saturated carbocycles. The predicted octanol–water partition coefficient (Wildman–Crippen LogP) is 3.31. The third-order valence-corrected chi connectivity index (χ3v) is 3.90. The lowest BCUT2D eigenvalue weighted by atomic mass is 10.1. The summed E-state index contributed by atoms with van der Waals surface area (Å²) in [6.45, 7) is 0.0802. The molecule has 0 aliphatic rings. The highest BCUT2D eigenvalue weighted by molar-refractivity contribution is 5.99. The van der Waals surface area contributed by atoms with Crippen LogP contribution in [0.1, 0.15) is 22.0 Å². The maximum Gasteiger partial charge on any atom is 0.490 e. The van der Waals surface area contributed by atoms with E-state index >= 15 is 0 Å². The number of alkyl halides is 3. The van der Waals surface area contributed by atoms with Gasteiger partial charge in [-0.25, -0.2) is 9.18 Å². The second-order valence-electron chi connectivity index (χ2n) is 6.10. The van der Waals surface area contributed by atoms with Crippen molar-refractivity contribution in [1.82, 2.24) is 15.5 Å². The number of aromatic nitrogens is 2. The topological polar surface area (TPSA) is 115 Å². The van der Waals surface area contributed by atoms with E-state index in [4.69, 9.17) is 9.90 Å². The van der Waals surface area contributed by atoms with Crippen LogP contribution >= 0.6 is 0 Å². The van der Waals surface area contributed by atoms with Gasteiger partial charge in [0, 0.05) is 12.1 Å². The average molecular weight is 439 g/mol. The van der Waals surface area contributed by atoms with Gasteiger partial charge >= 0.3 is 12.1 Å². The van der Waals surface area contributed by atoms with Gasteiger partial charge in [-0.1, -0.05) is 30.3 Å². The quantitative estimate of drug-likeness (QED) is 0.456. The molecule has 3 rings (SSSR count). The average Bonchev–Trinajstić information content (AvgIpc) is 3.22. The van der Waals surface area contributed by atoms with Gasteiger partial charge in [0.2, 0.25) is 0 Å². The van der Waals surface area contributed by atoms with Crippen molar-refractivity contribution in [3.63, 3.8) is 0 Å². The van der Waals surface area contributed by atoms with E-state index in [0.717, 1.165) is 5.56 Å². The van der Waals surface area contributed by atoms with Crippen molar-refractivity contribution >= 4 is 11.9 Å². The van der Waals surface area contributed by atoms with E-state index in [1.807, 2.05) is 18.2 Å². The second-order valence-corrected chi connectivity index (χ2v) is 6.10. The molecule has 0 saturated heterocycles. The minimum Gasteiger partial charge on any atom is -0.475 e. The molecular weight excluding hydrogens is 422 g/mol. The van der Waals surface area contributed by atoms with Crippen molar-refractivity contribution in [2.75, 3.05) is 6.54 Å². The number of halogens is 4. The molecule has 7 nitrogen and oxygen atoms in total. The van der Waals surface area contributed by atoms with Crippen LogP contribution in [0.4, 0.5) is 17.6 Å². The highest BCUT2D eigenvalue weighted by atomic mass is 19.4. The van der Waals surface area contributed by atoms with Crippen LogP contribution in [0.15, 0.2) is 60.8 Å². The molecule has 2 aromatic carbocycles. The van der Waals surface area contributed by atoms with Crippen molar-refractivity contribution < 1.29 is 37.4 Å². The molecule has 3 aromatic rings. The minimum absolute atomic E-state index is 0.0802. The number of nitrogens with zero attached hydrogens (tertiary/aromatic N) is 1. The molecular formula is C20H17F4N3O4. The van der Waals surface area contributed by atoms with E-state index < -0.39 is 18.2 Å². The molecule has 0 spiro atoms. The number of aliphatic hydroxyl groups excluding tert-OH is 1. The van der Waals surface area contributed by atoms with Gasteiger partial charge in [-0.15, -0.1) is 0 Å². The Morgan fingerprint density at radius 2 is 1.65 bits per heavy atom. The molecule has 0 aliphatic heterocycles. The Kier molecular flexibility index (Phi) is 7.86. The molecule has 164 valence electrons. The number of carboxylic acids is 1. The molecule has 0 radical (unpaired) electrons. The molecule has 1 heterocycles. The van der Waals surface area contributed by atoms with Crippen LogP contribution in [0.3, 0.4) is 0 Å². The first-order valence-electron chi connectivity index (χ1n) is 8.70. The Hall–Kier alpha value is -3.73. The summed E-state index contributed by atoms with van der Waals surface area (Å²) >= 11 is 0. The number of aliphatic carboxylic acids is 1. The zero-order valence-corrected chi connectivity index (χ0v) is 15.7. The fourth-order valence-electron chi connectivity index (χ4n) is 2.37. The number of rotatable bonds is 5. The third-order valence-electron chi connectivity index (χ3n) is 3.90. The summed E-state index contributed by atoms with van der Waals surface area (Å²) in [7, 11) is 0. The molecule has 4 N–H and O–H groups in total. The van der Waals surface area contributed by atoms with Gasteiger partial charge in [-0.2, -0.15) is 18.3 Å². The van der Waals surface area contributed by atoms with Crippen molar-refractivity contribution in [1.29, 1.82) is 0 Å². The highest BCUT2D eigenvalue weighted by Crippen LogP contribution is 2.21. The van der Waals surface area contributed by atoms with Crippen LogP contribution < -0.4 is 5.32 Å². The number of benzene rings is 2. The Balaban J connectivity index is 0.000000423. The number of carbonyl (C=O) groups excluding carboxylic acids is 1. The van der Waals surface area contributed by atoms with E-state index in [9.17, 15) is 27.5 Å². The zero-order valence-electron chi connectivity index (χ0n) is 15.7. The van der Waals surface area contributed by atoms with Gasteiger partial charge < -0.3 is 15.5 Å². The normalized spacial score (nSPS) is 11.8. The molecule has 11 heteroatoms. The number of nitrogens with one attached hydrogen (secondary N) is 2. The number of aliphatic hydroxyl groups is 1. The number of H-pyrrole nitrogens is 1. The van der Waals surface area contributed by atoms with E-state index in [0.29, 0.717) is 16.8 Å². The number of carboxylic acid groups (broad SMARTS) is 1. The van der Waals surface area contributed by atoms with Gasteiger partial charge in [0.25, 0.3) is 5.91 Å². The molecule has 0 aliphatic carbocycles. The SMILES string of the molecule is O=C(NC[C@@H](O)c1ccccc1)c1cn[nH]c1-c1ccc(F)cc1.O=C(O)C(F)(F)F. The third kappa shape index (κ3) is 6.93. The maximum absolute atomic E-state index is 13.0. The lowest BCUT2D eigenvalue weighted by molar-refractivity contribution is -0.192. The van der Waals surface area contributed by atoms with Crippen LogP contribution in [-0.4, -0.2) is 45.0 Å². The highest BCUT2D eigenvalue weighted by Gasteiger charge is 2.38. The first kappa shape index (κ1) is 23.5. The summed E-state index contributed by atoms with van der Waals surface area (Å²) in [5.41, 5.74) is 2.22. The summed E-state index contributed by atoms with van der Waals surface area (Å²) in [6.07, 6.45) is -4.47. The summed E-state index contributed by atoms with van der Waals surface area (Å²) in [4.78, 5) is 21.2. The van der Waals surface area contributed by atoms with Crippen molar-refractivity contribution in [3.05, 3.63) is 77.7 Å². The lowest BCUT2D eigenvalue weighted by Crippen LogP contribution is -2.28. The standard InChI is InChI=1S/C18H16FN3O2.C2HF3O2/c19-14-8-6-13(7-9-14)17-15(10-21-22-17)18(24)20-11-16(23)12-4-2-1-3-5-12;3-2(4,5)1(6)7/h1-10,16,23H,11H2,(H,20,24)(H,21,22);(H,6,7)/t16-;/m1./s1. The Morgan fingerprint density at radius 3 is 2.19 bits per heavy atom. The van der Waals surface area contributed by atoms with E-state index in [2.05, 4.69) is 15.5 Å². The maximum atomic E-state index is 13.0. The smallest absolute Gasteiger partial charge is 0.475 e. The Bertz CT molecular complexity index is 1010. The van der Waals surface area contributed by atoms with Gasteiger partial charge in [0.15, 0.2) is 0 Å². The lowest BCUT2D eigenvalue weighted by Gasteiger charge is -2.12. The summed E-state index contributed by atoms with van der Waals surface area (Å²) in [6, 6.07) is 14.9. The molecule has 1 aromatic heterocycles. The molecule has 31 heavy (non-hydrogen) atoms. The van der Waals surface area contributed by atoms with Crippen molar-refractivity contribution in [2.24, 2.45) is 0 Å². The first-order chi connectivity index (χ1) is 14.6. The zero-order chi connectivity index (χ0) is 23.0. The van der Waals surface area contributed by atoms with Gasteiger partial charge in [-0.05, 0) is 29.8 Å². The van der Waals surface area contributed by atoms with Crippen LogP contribution in [0, 0.1) is 5.82 Å². The number of hydrogen-bond acceptors (Lipinski definition) is 4. The molecule has 0 fully saturated rings. The number of carbonyl (C=O) groups is 2. The van der Waals surface area contributed by atoms with Crippen molar-refractivity contribution in [3.8, 4) is 11.3 Å². The van der Waals surface area contributed by atoms with E-state index in [1.54, 1.807) is 24.3 Å². The molecule has 0 bridgehead atoms. The largest absolute Gasteiger partial charge is 0.490 e. The fraction of sp³-hybridized carbons (Fsp3) is 0.150. The van der Waals surface area contributed by atoms with Gasteiger partial charge in [0.1, 0.15) is 5.82 Å². The Labute approximate surface area is 173 Å². The van der Waals surface area contributed by atoms with Gasteiger partial charge in [0.05, 0.1) is 23.6 Å². The van der Waals surface area contributed by atoms with Crippen LogP contribution in [0.5, 0.6) is 0 Å². The first-order valence-corrected chi connectivity index (χ1v) is 8.70.